The molecule has 0 radical (unpaired) electrons. The van der Waals surface area contributed by atoms with Crippen LogP contribution in [0.1, 0.15) is 6.92 Å². The molecule has 0 unspecified atom stereocenters. The Kier molecular flexibility index (Phi) is 4.28. The lowest BCUT2D eigenvalue weighted by atomic mass is 10.3. The Hall–Kier alpha value is -1.93. The fourth-order valence-corrected chi connectivity index (χ4v) is 1.03. The second-order valence-electron chi connectivity index (χ2n) is 3.34. The molecular weight excluding hydrogens is 275 g/mol. The summed E-state index contributed by atoms with van der Waals surface area (Å²) in [5.41, 5.74) is -0.294. The number of hydrogen-bond acceptors (Lipinski definition) is 3. The van der Waals surface area contributed by atoms with Crippen LogP contribution in [0.4, 0.5) is 27.6 Å². The minimum Gasteiger partial charge on any atom is -0.478 e. The zero-order valence-corrected chi connectivity index (χ0v) is 9.59. The topological polar surface area (TPSA) is 51.2 Å². The molecule has 0 spiro atoms. The zero-order chi connectivity index (χ0) is 14.7. The molecule has 0 aliphatic rings. The Balaban J connectivity index is 2.77. The van der Waals surface area contributed by atoms with E-state index < -0.39 is 18.0 Å². The average molecular weight is 284 g/mol. The van der Waals surface area contributed by atoms with E-state index in [9.17, 15) is 26.7 Å². The van der Waals surface area contributed by atoms with Crippen molar-refractivity contribution in [2.24, 2.45) is 0 Å². The number of alkyl halides is 5. The lowest BCUT2D eigenvalue weighted by Gasteiger charge is -2.18. The van der Waals surface area contributed by atoms with Gasteiger partial charge in [-0.25, -0.2) is 4.98 Å². The van der Waals surface area contributed by atoms with E-state index in [2.05, 4.69) is 4.98 Å². The minimum absolute atomic E-state index is 0.156. The van der Waals surface area contributed by atoms with Gasteiger partial charge in [-0.3, -0.25) is 4.79 Å². The molecule has 0 bridgehead atoms. The first-order valence-electron chi connectivity index (χ1n) is 5.03. The molecule has 106 valence electrons. The normalized spacial score (nSPS) is 12.1. The van der Waals surface area contributed by atoms with Crippen LogP contribution in [0.5, 0.6) is 5.88 Å². The van der Waals surface area contributed by atoms with Gasteiger partial charge in [-0.15, -0.1) is 0 Å². The first-order valence-corrected chi connectivity index (χ1v) is 5.03. The number of rotatable bonds is 4. The number of nitrogens with zero attached hydrogens (tertiary/aromatic N) is 1. The Bertz CT molecular complexity index is 444. The van der Waals surface area contributed by atoms with E-state index in [0.717, 1.165) is 12.3 Å². The number of amides is 1. The molecule has 0 aliphatic heterocycles. The van der Waals surface area contributed by atoms with Crippen LogP contribution in [-0.4, -0.2) is 29.6 Å². The molecule has 1 amide bonds. The van der Waals surface area contributed by atoms with Gasteiger partial charge in [0.2, 0.25) is 5.88 Å². The van der Waals surface area contributed by atoms with E-state index in [4.69, 9.17) is 4.74 Å². The summed E-state index contributed by atoms with van der Waals surface area (Å²) in [4.78, 5) is 14.5. The third-order valence-electron chi connectivity index (χ3n) is 1.93. The van der Waals surface area contributed by atoms with Gasteiger partial charge in [-0.1, -0.05) is 0 Å². The first-order chi connectivity index (χ1) is 8.68. The molecule has 1 aromatic rings. The summed E-state index contributed by atoms with van der Waals surface area (Å²) in [6.45, 7) is 1.99. The van der Waals surface area contributed by atoms with E-state index in [1.54, 1.807) is 6.92 Å². The van der Waals surface area contributed by atoms with Crippen LogP contribution in [-0.2, 0) is 4.79 Å². The summed E-state index contributed by atoms with van der Waals surface area (Å²) < 4.78 is 65.9. The van der Waals surface area contributed by atoms with Crippen LogP contribution in [0, 0.1) is 0 Å². The Morgan fingerprint density at radius 1 is 1.32 bits per heavy atom. The molecule has 1 aromatic heterocycles. The third kappa shape index (κ3) is 3.52. The Labute approximate surface area is 104 Å². The quantitative estimate of drug-likeness (QED) is 0.865. The van der Waals surface area contributed by atoms with Gasteiger partial charge in [-0.05, 0) is 13.0 Å². The van der Waals surface area contributed by atoms with Gasteiger partial charge in [-0.2, -0.15) is 22.0 Å². The number of carbonyl (C=O) groups is 1. The number of carbonyl (C=O) groups excluding carboxylic acids is 1. The predicted molar refractivity (Wildman–Crippen MR) is 55.0 cm³/mol. The fraction of sp³-hybridized carbons (Fsp3) is 0.400. The van der Waals surface area contributed by atoms with Crippen molar-refractivity contribution in [1.29, 1.82) is 0 Å². The van der Waals surface area contributed by atoms with E-state index >= 15 is 0 Å². The van der Waals surface area contributed by atoms with Crippen molar-refractivity contribution in [3.8, 4) is 5.88 Å². The van der Waals surface area contributed by atoms with Crippen molar-refractivity contribution < 1.29 is 31.5 Å². The second kappa shape index (κ2) is 5.37. The van der Waals surface area contributed by atoms with Gasteiger partial charge in [0.25, 0.3) is 0 Å². The van der Waals surface area contributed by atoms with Crippen molar-refractivity contribution >= 4 is 11.6 Å². The summed E-state index contributed by atoms with van der Waals surface area (Å²) in [6.07, 6.45) is -5.04. The lowest BCUT2D eigenvalue weighted by Crippen LogP contribution is -2.47. The minimum atomic E-state index is -5.95. The molecule has 0 fully saturated rings. The Morgan fingerprint density at radius 3 is 2.37 bits per heavy atom. The molecule has 0 aromatic carbocycles. The van der Waals surface area contributed by atoms with Crippen LogP contribution in [0.15, 0.2) is 18.3 Å². The summed E-state index contributed by atoms with van der Waals surface area (Å²) in [5.74, 6) is -7.78. The number of aromatic nitrogens is 1. The number of anilines is 1. The van der Waals surface area contributed by atoms with Crippen LogP contribution in [0.25, 0.3) is 0 Å². The number of halogens is 5. The molecule has 1 N–H and O–H groups in total. The highest BCUT2D eigenvalue weighted by Crippen LogP contribution is 2.36. The first kappa shape index (κ1) is 15.1. The standard InChI is InChI=1S/C10H9F5N2O2/c1-2-19-7-4-3-6(5-16-7)17-8(18)9(11,12)10(13,14)15/h3-5H,2H2,1H3,(H,17,18). The van der Waals surface area contributed by atoms with Crippen LogP contribution < -0.4 is 10.1 Å². The average Bonchev–Trinajstić information content (AvgIpc) is 2.30. The Morgan fingerprint density at radius 2 is 1.95 bits per heavy atom. The molecule has 4 nitrogen and oxygen atoms in total. The smallest absolute Gasteiger partial charge is 0.463 e. The predicted octanol–water partition coefficient (Wildman–Crippen LogP) is 2.62. The highest BCUT2D eigenvalue weighted by Gasteiger charge is 2.63. The molecule has 0 saturated carbocycles. The largest absolute Gasteiger partial charge is 0.478 e. The van der Waals surface area contributed by atoms with Gasteiger partial charge < -0.3 is 10.1 Å². The molecule has 0 atom stereocenters. The second-order valence-corrected chi connectivity index (χ2v) is 3.34. The van der Waals surface area contributed by atoms with E-state index in [0.29, 0.717) is 6.61 Å². The molecule has 9 heteroatoms. The zero-order valence-electron chi connectivity index (χ0n) is 9.59. The van der Waals surface area contributed by atoms with Gasteiger partial charge >= 0.3 is 18.0 Å². The SMILES string of the molecule is CCOc1ccc(NC(=O)C(F)(F)C(F)(F)F)cn1. The number of pyridine rings is 1. The van der Waals surface area contributed by atoms with E-state index in [1.807, 2.05) is 0 Å². The van der Waals surface area contributed by atoms with Crippen LogP contribution in [0.3, 0.4) is 0 Å². The van der Waals surface area contributed by atoms with Crippen molar-refractivity contribution in [3.05, 3.63) is 18.3 Å². The molecular formula is C10H9F5N2O2. The highest BCUT2D eigenvalue weighted by molar-refractivity contribution is 5.96. The van der Waals surface area contributed by atoms with Gasteiger partial charge in [0.1, 0.15) is 0 Å². The fourth-order valence-electron chi connectivity index (χ4n) is 1.03. The van der Waals surface area contributed by atoms with Crippen molar-refractivity contribution in [3.63, 3.8) is 0 Å². The van der Waals surface area contributed by atoms with Gasteiger partial charge in [0.15, 0.2) is 0 Å². The molecule has 0 saturated heterocycles. The number of ether oxygens (including phenoxy) is 1. The summed E-state index contributed by atoms with van der Waals surface area (Å²) in [7, 11) is 0. The molecule has 1 rings (SSSR count). The monoisotopic (exact) mass is 284 g/mol. The van der Waals surface area contributed by atoms with Gasteiger partial charge in [0.05, 0.1) is 18.5 Å². The summed E-state index contributed by atoms with van der Waals surface area (Å²) >= 11 is 0. The van der Waals surface area contributed by atoms with Crippen LogP contribution >= 0.6 is 0 Å². The number of nitrogens with one attached hydrogen (secondary N) is 1. The lowest BCUT2D eigenvalue weighted by molar-refractivity contribution is -0.267. The van der Waals surface area contributed by atoms with Crippen molar-refractivity contribution in [1.82, 2.24) is 4.98 Å². The van der Waals surface area contributed by atoms with Crippen molar-refractivity contribution in [2.75, 3.05) is 11.9 Å². The molecule has 19 heavy (non-hydrogen) atoms. The van der Waals surface area contributed by atoms with E-state index in [1.165, 1.54) is 11.4 Å². The number of hydrogen-bond donors (Lipinski definition) is 1. The van der Waals surface area contributed by atoms with E-state index in [-0.39, 0.29) is 11.6 Å². The van der Waals surface area contributed by atoms with Crippen LogP contribution in [0.2, 0.25) is 0 Å². The molecule has 1 heterocycles. The highest BCUT2D eigenvalue weighted by atomic mass is 19.4. The maximum absolute atomic E-state index is 12.6. The maximum Gasteiger partial charge on any atom is 0.463 e. The maximum atomic E-state index is 12.6. The third-order valence-corrected chi connectivity index (χ3v) is 1.93. The van der Waals surface area contributed by atoms with Crippen molar-refractivity contribution in [2.45, 2.75) is 19.0 Å². The summed E-state index contributed by atoms with van der Waals surface area (Å²) in [6, 6.07) is 2.33. The molecule has 0 aliphatic carbocycles. The van der Waals surface area contributed by atoms with Gasteiger partial charge in [0, 0.05) is 6.07 Å². The summed E-state index contributed by atoms with van der Waals surface area (Å²) in [5, 5.41) is 1.43.